The van der Waals surface area contributed by atoms with Crippen molar-refractivity contribution in [3.63, 3.8) is 0 Å². The van der Waals surface area contributed by atoms with Crippen molar-refractivity contribution in [2.75, 3.05) is 32.7 Å². The van der Waals surface area contributed by atoms with E-state index in [0.29, 0.717) is 77.6 Å². The number of nitrogens with one attached hydrogen (secondary N) is 2. The number of likely N-dealkylation sites (tertiary alicyclic amines) is 1. The molecule has 18 nitrogen and oxygen atoms in total. The molecule has 4 amide bonds. The van der Waals surface area contributed by atoms with Crippen molar-refractivity contribution in [3.8, 4) is 10.8 Å². The van der Waals surface area contributed by atoms with Crippen LogP contribution < -0.4 is 15.4 Å². The van der Waals surface area contributed by atoms with Crippen molar-refractivity contribution >= 4 is 69.8 Å². The normalized spacial score (nSPS) is 21.9. The number of hydrogen-bond donors (Lipinski definition) is 3. The van der Waals surface area contributed by atoms with Crippen molar-refractivity contribution < 1.29 is 33.8 Å². The van der Waals surface area contributed by atoms with Crippen LogP contribution in [0.15, 0.2) is 47.7 Å². The molecule has 5 aliphatic rings. The molecule has 3 aliphatic heterocycles. The van der Waals surface area contributed by atoms with Gasteiger partial charge in [-0.2, -0.15) is 5.10 Å². The van der Waals surface area contributed by atoms with E-state index in [1.54, 1.807) is 40.0 Å². The summed E-state index contributed by atoms with van der Waals surface area (Å²) in [6.45, 7) is 9.08. The first-order valence-corrected chi connectivity index (χ1v) is 26.1. The molecule has 10 rings (SSSR count). The molecule has 21 heteroatoms. The summed E-state index contributed by atoms with van der Waals surface area (Å²) in [5, 5.41) is 31.4. The summed E-state index contributed by atoms with van der Waals surface area (Å²) in [5.41, 5.74) is 3.94. The van der Waals surface area contributed by atoms with E-state index in [9.17, 15) is 29.1 Å². The van der Waals surface area contributed by atoms with Crippen molar-refractivity contribution in [3.05, 3.63) is 103 Å². The number of benzene rings is 2. The van der Waals surface area contributed by atoms with E-state index in [4.69, 9.17) is 32.9 Å². The van der Waals surface area contributed by atoms with Crippen LogP contribution in [0.1, 0.15) is 121 Å². The number of carboxylic acids is 1. The smallest absolute Gasteiger partial charge is 0.310 e. The zero-order valence-corrected chi connectivity index (χ0v) is 43.0. The van der Waals surface area contributed by atoms with E-state index in [1.807, 2.05) is 40.7 Å². The number of carbonyl (C=O) groups is 5. The number of halogens is 2. The van der Waals surface area contributed by atoms with E-state index >= 15 is 0 Å². The first kappa shape index (κ1) is 49.4. The van der Waals surface area contributed by atoms with Gasteiger partial charge >= 0.3 is 5.97 Å². The molecule has 378 valence electrons. The van der Waals surface area contributed by atoms with Crippen molar-refractivity contribution in [2.24, 2.45) is 21.7 Å². The van der Waals surface area contributed by atoms with Gasteiger partial charge in [0.25, 0.3) is 0 Å². The van der Waals surface area contributed by atoms with Crippen LogP contribution in [0.2, 0.25) is 10.0 Å². The number of aliphatic imine (C=N–C) groups is 1. The van der Waals surface area contributed by atoms with Crippen LogP contribution in [0.3, 0.4) is 0 Å². The molecule has 3 N–H and O–H groups in total. The van der Waals surface area contributed by atoms with Crippen LogP contribution in [0.25, 0.3) is 5.00 Å². The summed E-state index contributed by atoms with van der Waals surface area (Å²) in [5.74, 6) is -0.564. The van der Waals surface area contributed by atoms with Gasteiger partial charge < -0.3 is 30.3 Å². The Bertz CT molecular complexity index is 3020. The van der Waals surface area contributed by atoms with Gasteiger partial charge in [0, 0.05) is 64.2 Å². The fourth-order valence-electron chi connectivity index (χ4n) is 11.0. The molecule has 3 fully saturated rings. The number of aliphatic carboxylic acids is 1. The first-order chi connectivity index (χ1) is 34.5. The molecular weight excluding hydrogens is 982 g/mol. The number of carboxylic acid groups (broad SMARTS) is 1. The summed E-state index contributed by atoms with van der Waals surface area (Å²) in [4.78, 5) is 81.7. The Morgan fingerprint density at radius 2 is 1.78 bits per heavy atom. The summed E-state index contributed by atoms with van der Waals surface area (Å²) in [6, 6.07) is 9.68. The Balaban J connectivity index is 0.773. The minimum absolute atomic E-state index is 0.000410. The third kappa shape index (κ3) is 9.50. The molecule has 72 heavy (non-hydrogen) atoms. The fraction of sp³-hybridized carbons (Fsp3) is 0.490. The lowest BCUT2D eigenvalue weighted by Gasteiger charge is -2.45. The molecule has 6 heterocycles. The van der Waals surface area contributed by atoms with Crippen LogP contribution in [-0.2, 0) is 43.5 Å². The Labute approximate surface area is 430 Å². The lowest BCUT2D eigenvalue weighted by molar-refractivity contribution is -0.162. The average Bonchev–Trinajstić information content (AvgIpc) is 3.55. The maximum absolute atomic E-state index is 14.7. The molecule has 5 aromatic rings. The first-order valence-electron chi connectivity index (χ1n) is 24.6. The highest BCUT2D eigenvalue weighted by molar-refractivity contribution is 7.15. The fourth-order valence-corrected chi connectivity index (χ4v) is 12.6. The summed E-state index contributed by atoms with van der Waals surface area (Å²) >= 11 is 14.7. The van der Waals surface area contributed by atoms with Gasteiger partial charge in [-0.25, -0.2) is 4.98 Å². The highest BCUT2D eigenvalue weighted by Crippen LogP contribution is 2.54. The average molecular weight is 1040 g/mol. The zero-order valence-electron chi connectivity index (χ0n) is 40.7. The van der Waals surface area contributed by atoms with Crippen LogP contribution in [0, 0.1) is 37.5 Å². The molecule has 2 aliphatic carbocycles. The Hall–Kier alpha value is -6.18. The molecule has 4 atom stereocenters. The molecule has 2 saturated carbocycles. The highest BCUT2D eigenvalue weighted by Gasteiger charge is 2.54. The number of ether oxygens (including phenoxy) is 1. The van der Waals surface area contributed by atoms with Gasteiger partial charge in [-0.3, -0.25) is 38.2 Å². The number of carbonyl (C=O) groups excluding carboxylic acids is 4. The highest BCUT2D eigenvalue weighted by atomic mass is 35.5. The van der Waals surface area contributed by atoms with Crippen LogP contribution >= 0.6 is 34.5 Å². The molecule has 1 saturated heterocycles. The predicted octanol–water partition coefficient (Wildman–Crippen LogP) is 6.67. The van der Waals surface area contributed by atoms with Crippen molar-refractivity contribution in [1.82, 2.24) is 50.0 Å². The van der Waals surface area contributed by atoms with Gasteiger partial charge in [-0.15, -0.1) is 21.5 Å². The number of aryl methyl sites for hydroxylation is 2. The number of amides is 4. The molecule has 3 aromatic heterocycles. The molecule has 0 unspecified atom stereocenters. The van der Waals surface area contributed by atoms with E-state index in [0.717, 1.165) is 63.5 Å². The maximum atomic E-state index is 14.7. The van der Waals surface area contributed by atoms with Crippen LogP contribution in [0.5, 0.6) is 5.75 Å². The third-order valence-electron chi connectivity index (χ3n) is 15.4. The van der Waals surface area contributed by atoms with Gasteiger partial charge in [0.2, 0.25) is 23.6 Å². The van der Waals surface area contributed by atoms with Gasteiger partial charge in [0.05, 0.1) is 42.6 Å². The SMILES string of the molecule is Cc1sc2c(c1C)C(c1ccc(Cl)cc1)=N[C@@H](CC(=O)NCC(=O)NCCn1cnc(COc3ccc(Cl)c4c3[C@@H](CN3CC5(CC5)CC3=O)N(C(=O)[C@@H]3CCCC[C@]3(C)C(=O)O)CC4)n1)c1nnc(C)n1-2. The molecular formula is C51H57Cl2N11O7S. The quantitative estimate of drug-likeness (QED) is 0.101. The second kappa shape index (κ2) is 19.7. The number of rotatable bonds is 15. The van der Waals surface area contributed by atoms with Crippen molar-refractivity contribution in [1.29, 1.82) is 0 Å². The molecule has 2 aromatic carbocycles. The monoisotopic (exact) mass is 1040 g/mol. The van der Waals surface area contributed by atoms with Gasteiger partial charge in [0.1, 0.15) is 35.6 Å². The number of hydrogen-bond acceptors (Lipinski definition) is 12. The Morgan fingerprint density at radius 3 is 2.53 bits per heavy atom. The summed E-state index contributed by atoms with van der Waals surface area (Å²) in [6.07, 6.45) is 6.79. The van der Waals surface area contributed by atoms with E-state index in [2.05, 4.69) is 44.8 Å². The van der Waals surface area contributed by atoms with Crippen LogP contribution in [0.4, 0.5) is 0 Å². The standard InChI is InChI=1S/C51H57Cl2N11O7S/c1-28-29(2)72-48-43(28)45(31-8-10-32(52)11-9-31)57-36(46-59-58-30(3)64(46)48)21-40(65)55-23-41(66)54-18-20-62-27-56-39(60-62)25-71-38-13-12-35(53)33-14-19-63(47(68)34-7-5-6-15-50(34,4)49(69)70)37(44(33)38)24-61-26-51(16-17-51)22-42(61)67/h8-13,27,34,36-37H,5-7,14-26H2,1-4H3,(H,54,66)(H,55,65)(H,69,70)/t34-,36-,37+,50-/m0/s1. The predicted molar refractivity (Wildman–Crippen MR) is 268 cm³/mol. The number of fused-ring (bicyclic) bond motifs is 4. The topological polar surface area (TPSA) is 219 Å². The summed E-state index contributed by atoms with van der Waals surface area (Å²) in [7, 11) is 0. The Morgan fingerprint density at radius 1 is 0.986 bits per heavy atom. The number of aromatic nitrogens is 6. The second-order valence-electron chi connectivity index (χ2n) is 20.2. The van der Waals surface area contributed by atoms with E-state index in [1.165, 1.54) is 6.33 Å². The van der Waals surface area contributed by atoms with Gasteiger partial charge in [-0.1, -0.05) is 48.2 Å². The second-order valence-corrected chi connectivity index (χ2v) is 22.2. The molecule has 0 radical (unpaired) electrons. The zero-order chi connectivity index (χ0) is 50.6. The van der Waals surface area contributed by atoms with Gasteiger partial charge in [0.15, 0.2) is 11.6 Å². The number of nitrogens with zero attached hydrogens (tertiary/aromatic N) is 9. The minimum atomic E-state index is -1.20. The maximum Gasteiger partial charge on any atom is 0.310 e. The Kier molecular flexibility index (Phi) is 13.5. The third-order valence-corrected chi connectivity index (χ3v) is 17.2. The minimum Gasteiger partial charge on any atom is -0.485 e. The lowest BCUT2D eigenvalue weighted by Crippen LogP contribution is -2.52. The van der Waals surface area contributed by atoms with E-state index < -0.39 is 29.4 Å². The van der Waals surface area contributed by atoms with Gasteiger partial charge in [-0.05, 0) is 101 Å². The van der Waals surface area contributed by atoms with Crippen molar-refractivity contribution in [2.45, 2.75) is 111 Å². The molecule has 0 bridgehead atoms. The number of thiophene rings is 1. The molecule has 1 spiro atoms. The summed E-state index contributed by atoms with van der Waals surface area (Å²) < 4.78 is 10.0. The lowest BCUT2D eigenvalue weighted by atomic mass is 9.66. The largest absolute Gasteiger partial charge is 0.485 e. The van der Waals surface area contributed by atoms with E-state index in [-0.39, 0.29) is 68.3 Å². The van der Waals surface area contributed by atoms with Crippen LogP contribution in [-0.4, -0.2) is 112 Å².